The first-order valence-electron chi connectivity index (χ1n) is 10.5. The summed E-state index contributed by atoms with van der Waals surface area (Å²) in [5, 5.41) is 0. The average molecular weight is 456 g/mol. The van der Waals surface area contributed by atoms with Crippen molar-refractivity contribution in [3.8, 4) is 0 Å². The Labute approximate surface area is 178 Å². The number of carbonyl (C=O) groups excluding carboxylic acids is 1. The van der Waals surface area contributed by atoms with Gasteiger partial charge >= 0.3 is 0 Å². The van der Waals surface area contributed by atoms with Gasteiger partial charge in [-0.15, -0.1) is 0 Å². The van der Waals surface area contributed by atoms with Gasteiger partial charge in [0.1, 0.15) is 0 Å². The molecule has 0 aromatic heterocycles. The first-order valence-corrected chi connectivity index (χ1v) is 13.8. The summed E-state index contributed by atoms with van der Waals surface area (Å²) in [6.45, 7) is 3.13. The zero-order chi connectivity index (χ0) is 21.4. The maximum atomic E-state index is 13.1. The molecule has 3 saturated heterocycles. The number of rotatable bonds is 4. The summed E-state index contributed by atoms with van der Waals surface area (Å²) < 4.78 is 50.7. The molecule has 3 heterocycles. The molecule has 3 aliphatic heterocycles. The summed E-state index contributed by atoms with van der Waals surface area (Å²) in [5.74, 6) is 0.165. The van der Waals surface area contributed by atoms with Crippen molar-refractivity contribution in [2.45, 2.75) is 30.2 Å². The van der Waals surface area contributed by atoms with Crippen LogP contribution in [-0.4, -0.2) is 93.7 Å². The molecule has 1 aromatic rings. The van der Waals surface area contributed by atoms with Crippen LogP contribution in [0.3, 0.4) is 0 Å². The van der Waals surface area contributed by atoms with Crippen molar-refractivity contribution in [2.24, 2.45) is 5.92 Å². The molecule has 3 aliphatic rings. The minimum atomic E-state index is -3.59. The molecule has 4 rings (SSSR count). The highest BCUT2D eigenvalue weighted by atomic mass is 32.2. The van der Waals surface area contributed by atoms with Gasteiger partial charge in [-0.05, 0) is 31.4 Å². The molecule has 0 aliphatic carbocycles. The van der Waals surface area contributed by atoms with Crippen LogP contribution in [0.2, 0.25) is 0 Å². The van der Waals surface area contributed by atoms with E-state index in [1.165, 1.54) is 4.31 Å². The normalized spacial score (nSPS) is 28.5. The summed E-state index contributed by atoms with van der Waals surface area (Å²) in [6, 6.07) is 8.42. The zero-order valence-corrected chi connectivity index (χ0v) is 18.7. The van der Waals surface area contributed by atoms with Crippen molar-refractivity contribution < 1.29 is 21.6 Å². The van der Waals surface area contributed by atoms with E-state index in [4.69, 9.17) is 0 Å². The van der Waals surface area contributed by atoms with Gasteiger partial charge in [-0.2, -0.15) is 4.31 Å². The van der Waals surface area contributed by atoms with Crippen molar-refractivity contribution in [2.75, 3.05) is 50.8 Å². The van der Waals surface area contributed by atoms with Crippen molar-refractivity contribution in [3.63, 3.8) is 0 Å². The highest BCUT2D eigenvalue weighted by molar-refractivity contribution is 7.91. The van der Waals surface area contributed by atoms with Gasteiger partial charge in [-0.1, -0.05) is 18.2 Å². The summed E-state index contributed by atoms with van der Waals surface area (Å²) in [6.07, 6.45) is 2.04. The molecule has 0 radical (unpaired) electrons. The van der Waals surface area contributed by atoms with Crippen LogP contribution in [0.25, 0.3) is 0 Å². The summed E-state index contributed by atoms with van der Waals surface area (Å²) in [4.78, 5) is 17.4. The molecule has 0 bridgehead atoms. The SMILES string of the molecule is O=C([C@H]1CCCN(S(=O)(=O)c2ccccc2)C1)N1CCN([C@@H]2CCS(=O)(=O)C2)CC1. The third-order valence-corrected chi connectivity index (χ3v) is 10.1. The third kappa shape index (κ3) is 4.56. The monoisotopic (exact) mass is 455 g/mol. The zero-order valence-electron chi connectivity index (χ0n) is 17.0. The van der Waals surface area contributed by atoms with E-state index >= 15 is 0 Å². The highest BCUT2D eigenvalue weighted by Crippen LogP contribution is 2.26. The van der Waals surface area contributed by atoms with E-state index in [-0.39, 0.29) is 40.8 Å². The first kappa shape index (κ1) is 21.7. The predicted octanol–water partition coefficient (Wildman–Crippen LogP) is 0.419. The lowest BCUT2D eigenvalue weighted by Gasteiger charge is -2.40. The van der Waals surface area contributed by atoms with Crippen LogP contribution in [-0.2, 0) is 24.7 Å². The Kier molecular flexibility index (Phi) is 6.20. The van der Waals surface area contributed by atoms with E-state index in [9.17, 15) is 21.6 Å². The van der Waals surface area contributed by atoms with Gasteiger partial charge in [-0.3, -0.25) is 9.69 Å². The molecule has 8 nitrogen and oxygen atoms in total. The van der Waals surface area contributed by atoms with E-state index in [0.717, 1.165) is 0 Å². The van der Waals surface area contributed by atoms with E-state index in [0.29, 0.717) is 52.0 Å². The van der Waals surface area contributed by atoms with E-state index in [1.54, 1.807) is 30.3 Å². The van der Waals surface area contributed by atoms with Crippen LogP contribution in [0, 0.1) is 5.92 Å². The molecule has 0 N–H and O–H groups in total. The fraction of sp³-hybridized carbons (Fsp3) is 0.650. The number of sulfone groups is 1. The molecular weight excluding hydrogens is 426 g/mol. The number of amides is 1. The number of piperazine rings is 1. The molecule has 0 spiro atoms. The Bertz CT molecular complexity index is 973. The topological polar surface area (TPSA) is 95.1 Å². The maximum Gasteiger partial charge on any atom is 0.243 e. The quantitative estimate of drug-likeness (QED) is 0.653. The van der Waals surface area contributed by atoms with Crippen LogP contribution in [0.5, 0.6) is 0 Å². The average Bonchev–Trinajstić information content (AvgIpc) is 3.14. The van der Waals surface area contributed by atoms with Gasteiger partial charge in [0.25, 0.3) is 0 Å². The first-order chi connectivity index (χ1) is 14.3. The van der Waals surface area contributed by atoms with Gasteiger partial charge in [0.15, 0.2) is 9.84 Å². The number of hydrogen-bond donors (Lipinski definition) is 0. The van der Waals surface area contributed by atoms with Crippen LogP contribution in [0.4, 0.5) is 0 Å². The second-order valence-electron chi connectivity index (χ2n) is 8.43. The molecule has 166 valence electrons. The van der Waals surface area contributed by atoms with Crippen molar-refractivity contribution in [1.82, 2.24) is 14.1 Å². The molecule has 30 heavy (non-hydrogen) atoms. The second-order valence-corrected chi connectivity index (χ2v) is 12.6. The van der Waals surface area contributed by atoms with E-state index in [1.807, 2.05) is 4.90 Å². The van der Waals surface area contributed by atoms with Crippen molar-refractivity contribution in [3.05, 3.63) is 30.3 Å². The Morgan fingerprint density at radius 1 is 0.967 bits per heavy atom. The van der Waals surface area contributed by atoms with Crippen LogP contribution < -0.4 is 0 Å². The summed E-state index contributed by atoms with van der Waals surface area (Å²) in [5.41, 5.74) is 0. The molecular formula is C20H29N3O5S2. The van der Waals surface area contributed by atoms with E-state index in [2.05, 4.69) is 4.90 Å². The largest absolute Gasteiger partial charge is 0.340 e. The highest BCUT2D eigenvalue weighted by Gasteiger charge is 2.38. The summed E-state index contributed by atoms with van der Waals surface area (Å²) >= 11 is 0. The fourth-order valence-corrected chi connectivity index (χ4v) is 8.04. The molecule has 1 aromatic carbocycles. The van der Waals surface area contributed by atoms with Crippen molar-refractivity contribution in [1.29, 1.82) is 0 Å². The predicted molar refractivity (Wildman–Crippen MR) is 113 cm³/mol. The molecule has 3 fully saturated rings. The Morgan fingerprint density at radius 2 is 1.67 bits per heavy atom. The number of hydrogen-bond acceptors (Lipinski definition) is 6. The Morgan fingerprint density at radius 3 is 2.30 bits per heavy atom. The minimum absolute atomic E-state index is 0.0154. The molecule has 0 unspecified atom stereocenters. The Hall–Kier alpha value is -1.49. The lowest BCUT2D eigenvalue weighted by Crippen LogP contribution is -2.55. The lowest BCUT2D eigenvalue weighted by molar-refractivity contribution is -0.138. The van der Waals surface area contributed by atoms with Crippen molar-refractivity contribution >= 4 is 25.8 Å². The van der Waals surface area contributed by atoms with Crippen LogP contribution in [0.15, 0.2) is 35.2 Å². The molecule has 2 atom stereocenters. The smallest absolute Gasteiger partial charge is 0.243 e. The van der Waals surface area contributed by atoms with Crippen LogP contribution in [0.1, 0.15) is 19.3 Å². The van der Waals surface area contributed by atoms with Gasteiger partial charge in [0, 0.05) is 45.3 Å². The molecule has 10 heteroatoms. The molecule has 0 saturated carbocycles. The van der Waals surface area contributed by atoms with Gasteiger partial charge in [-0.25, -0.2) is 16.8 Å². The van der Waals surface area contributed by atoms with Gasteiger partial charge in [0.2, 0.25) is 15.9 Å². The number of piperidine rings is 1. The number of carbonyl (C=O) groups is 1. The fourth-order valence-electron chi connectivity index (χ4n) is 4.73. The second kappa shape index (κ2) is 8.57. The van der Waals surface area contributed by atoms with Crippen LogP contribution >= 0.6 is 0 Å². The third-order valence-electron chi connectivity index (χ3n) is 6.47. The minimum Gasteiger partial charge on any atom is -0.340 e. The lowest BCUT2D eigenvalue weighted by atomic mass is 9.97. The molecule has 1 amide bonds. The number of benzene rings is 1. The number of nitrogens with zero attached hydrogens (tertiary/aromatic N) is 3. The van der Waals surface area contributed by atoms with Gasteiger partial charge in [0.05, 0.1) is 22.3 Å². The maximum absolute atomic E-state index is 13.1. The standard InChI is InChI=1S/C20H29N3O5S2/c24-20(22-12-10-21(11-13-22)18-8-14-29(25,26)16-18)17-5-4-9-23(15-17)30(27,28)19-6-2-1-3-7-19/h1-3,6-7,17-18H,4-5,8-16H2/t17-,18+/m0/s1. The summed E-state index contributed by atoms with van der Waals surface area (Å²) in [7, 11) is -6.51. The number of sulfonamides is 1. The van der Waals surface area contributed by atoms with Gasteiger partial charge < -0.3 is 4.90 Å². The Balaban J connectivity index is 1.35. The van der Waals surface area contributed by atoms with E-state index < -0.39 is 19.9 Å².